The Bertz CT molecular complexity index is 497. The van der Waals surface area contributed by atoms with Gasteiger partial charge in [-0.05, 0) is 14.1 Å². The molecule has 1 aromatic rings. The smallest absolute Gasteiger partial charge is 0.409 e. The molecule has 0 aromatic heterocycles. The Morgan fingerprint density at radius 1 is 1.11 bits per heavy atom. The molecule has 2 rings (SSSR count). The molecule has 1 aromatic carbocycles. The Morgan fingerprint density at radius 3 is 2.00 bits per heavy atom. The van der Waals surface area contributed by atoms with Gasteiger partial charge in [-0.3, -0.25) is 4.90 Å². The van der Waals surface area contributed by atoms with Gasteiger partial charge in [0.1, 0.15) is 0 Å². The number of carbonyl (C=O) groups is 2. The first kappa shape index (κ1) is 13.5. The number of cyclic esters (lactones) is 2. The van der Waals surface area contributed by atoms with E-state index in [1.54, 1.807) is 44.4 Å². The van der Waals surface area contributed by atoms with E-state index in [0.717, 1.165) is 0 Å². The lowest BCUT2D eigenvalue weighted by atomic mass is 9.93. The summed E-state index contributed by atoms with van der Waals surface area (Å²) in [6.45, 7) is 1.35. The van der Waals surface area contributed by atoms with Crippen LogP contribution in [0.2, 0.25) is 0 Å². The van der Waals surface area contributed by atoms with Crippen LogP contribution >= 0.6 is 0 Å². The van der Waals surface area contributed by atoms with Gasteiger partial charge in [-0.25, -0.2) is 9.59 Å². The molecule has 6 heteroatoms. The summed E-state index contributed by atoms with van der Waals surface area (Å²) in [5.74, 6) is -4.02. The Morgan fingerprint density at radius 2 is 1.58 bits per heavy atom. The van der Waals surface area contributed by atoms with Gasteiger partial charge in [-0.15, -0.1) is 0 Å². The lowest BCUT2D eigenvalue weighted by molar-refractivity contribution is -0.302. The van der Waals surface area contributed by atoms with Crippen LogP contribution in [0.25, 0.3) is 0 Å². The van der Waals surface area contributed by atoms with Crippen molar-refractivity contribution in [1.82, 2.24) is 4.90 Å². The Labute approximate surface area is 110 Å². The molecule has 0 saturated carbocycles. The second kappa shape index (κ2) is 4.32. The Balaban J connectivity index is 2.53. The summed E-state index contributed by atoms with van der Waals surface area (Å²) >= 11 is 0. The van der Waals surface area contributed by atoms with Gasteiger partial charge in [0.05, 0.1) is 0 Å². The number of rotatable bonds is 3. The van der Waals surface area contributed by atoms with Crippen LogP contribution < -0.4 is 0 Å². The van der Waals surface area contributed by atoms with Gasteiger partial charge in [0.25, 0.3) is 0 Å². The standard InChI is InChI=1S/C13H15NO5/c1-12(18-10(15)11(16)19-12)13(17,14(2)3)9-7-5-4-6-8-9/h4-8,17H,1-3H3. The van der Waals surface area contributed by atoms with Crippen LogP contribution in [0.3, 0.4) is 0 Å². The van der Waals surface area contributed by atoms with Crippen molar-refractivity contribution in [2.45, 2.75) is 18.4 Å². The predicted molar refractivity (Wildman–Crippen MR) is 64.6 cm³/mol. The van der Waals surface area contributed by atoms with E-state index in [-0.39, 0.29) is 0 Å². The number of likely N-dealkylation sites (N-methyl/N-ethyl adjacent to an activating group) is 1. The first-order valence-corrected chi connectivity index (χ1v) is 5.73. The van der Waals surface area contributed by atoms with Crippen LogP contribution in [-0.2, 0) is 24.8 Å². The maximum absolute atomic E-state index is 11.3. The third-order valence-electron chi connectivity index (χ3n) is 3.20. The highest BCUT2D eigenvalue weighted by Crippen LogP contribution is 2.41. The van der Waals surface area contributed by atoms with Crippen molar-refractivity contribution in [3.8, 4) is 0 Å². The summed E-state index contributed by atoms with van der Waals surface area (Å²) in [6, 6.07) is 8.56. The first-order chi connectivity index (χ1) is 8.81. The van der Waals surface area contributed by atoms with Crippen LogP contribution in [0.1, 0.15) is 12.5 Å². The van der Waals surface area contributed by atoms with E-state index in [0.29, 0.717) is 5.56 Å². The highest BCUT2D eigenvalue weighted by atomic mass is 16.8. The predicted octanol–water partition coefficient (Wildman–Crippen LogP) is 0.210. The van der Waals surface area contributed by atoms with Gasteiger partial charge in [-0.1, -0.05) is 30.3 Å². The van der Waals surface area contributed by atoms with Gasteiger partial charge in [-0.2, -0.15) is 0 Å². The van der Waals surface area contributed by atoms with Crippen molar-refractivity contribution in [1.29, 1.82) is 0 Å². The summed E-state index contributed by atoms with van der Waals surface area (Å²) < 4.78 is 9.88. The fourth-order valence-corrected chi connectivity index (χ4v) is 2.20. The van der Waals surface area contributed by atoms with Crippen LogP contribution in [0.15, 0.2) is 30.3 Å². The van der Waals surface area contributed by atoms with Gasteiger partial charge < -0.3 is 14.6 Å². The van der Waals surface area contributed by atoms with Crippen LogP contribution in [-0.4, -0.2) is 41.8 Å². The van der Waals surface area contributed by atoms with E-state index in [1.165, 1.54) is 11.8 Å². The fraction of sp³-hybridized carbons (Fsp3) is 0.385. The summed E-state index contributed by atoms with van der Waals surface area (Å²) in [5.41, 5.74) is -1.33. The van der Waals surface area contributed by atoms with Gasteiger partial charge in [0.2, 0.25) is 5.72 Å². The molecule has 1 N–H and O–H groups in total. The fourth-order valence-electron chi connectivity index (χ4n) is 2.20. The molecule has 1 saturated heterocycles. The summed E-state index contributed by atoms with van der Waals surface area (Å²) in [6.07, 6.45) is 0. The first-order valence-electron chi connectivity index (χ1n) is 5.73. The lowest BCUT2D eigenvalue weighted by Gasteiger charge is -2.43. The van der Waals surface area contributed by atoms with Gasteiger partial charge in [0, 0.05) is 12.5 Å². The molecular weight excluding hydrogens is 250 g/mol. The number of nitrogens with zero attached hydrogens (tertiary/aromatic N) is 1. The maximum atomic E-state index is 11.3. The maximum Gasteiger partial charge on any atom is 0.421 e. The van der Waals surface area contributed by atoms with Crippen molar-refractivity contribution in [2.24, 2.45) is 0 Å². The minimum Gasteiger partial charge on any atom is -0.409 e. The molecule has 0 aliphatic carbocycles. The molecule has 1 aliphatic rings. The van der Waals surface area contributed by atoms with E-state index in [2.05, 4.69) is 0 Å². The molecule has 1 fully saturated rings. The minimum absolute atomic E-state index is 0.449. The third-order valence-corrected chi connectivity index (χ3v) is 3.20. The lowest BCUT2D eigenvalue weighted by Crippen LogP contribution is -2.59. The number of aliphatic hydroxyl groups is 1. The normalized spacial score (nSPS) is 20.9. The molecule has 0 spiro atoms. The molecule has 1 heterocycles. The van der Waals surface area contributed by atoms with Crippen molar-refractivity contribution >= 4 is 11.9 Å². The minimum atomic E-state index is -1.80. The number of hydrogen-bond donors (Lipinski definition) is 1. The average Bonchev–Trinajstić information content (AvgIpc) is 2.64. The molecule has 6 nitrogen and oxygen atoms in total. The SMILES string of the molecule is CN(C)C(O)(c1ccccc1)C1(C)OC(=O)C(=O)O1. The molecule has 1 atom stereocenters. The van der Waals surface area contributed by atoms with E-state index in [4.69, 9.17) is 9.47 Å². The zero-order chi connectivity index (χ0) is 14.3. The van der Waals surface area contributed by atoms with Crippen molar-refractivity contribution in [3.05, 3.63) is 35.9 Å². The summed E-state index contributed by atoms with van der Waals surface area (Å²) in [4.78, 5) is 24.0. The van der Waals surface area contributed by atoms with E-state index in [1.807, 2.05) is 0 Å². The number of ether oxygens (including phenoxy) is 2. The van der Waals surface area contributed by atoms with Crippen molar-refractivity contribution < 1.29 is 24.2 Å². The molecule has 1 aliphatic heterocycles. The van der Waals surface area contributed by atoms with Crippen LogP contribution in [0, 0.1) is 0 Å². The number of hydrogen-bond acceptors (Lipinski definition) is 6. The largest absolute Gasteiger partial charge is 0.421 e. The summed E-state index contributed by atoms with van der Waals surface area (Å²) in [5, 5.41) is 10.9. The second-order valence-corrected chi connectivity index (χ2v) is 4.66. The number of carbonyl (C=O) groups excluding carboxylic acids is 2. The van der Waals surface area contributed by atoms with E-state index >= 15 is 0 Å². The van der Waals surface area contributed by atoms with Crippen LogP contribution in [0.4, 0.5) is 0 Å². The van der Waals surface area contributed by atoms with Crippen molar-refractivity contribution in [2.75, 3.05) is 14.1 Å². The van der Waals surface area contributed by atoms with Gasteiger partial charge >= 0.3 is 17.7 Å². The molecule has 0 bridgehead atoms. The van der Waals surface area contributed by atoms with E-state index in [9.17, 15) is 14.7 Å². The molecular formula is C13H15NO5. The Hall–Kier alpha value is -1.92. The zero-order valence-electron chi connectivity index (χ0n) is 10.9. The molecule has 0 radical (unpaired) electrons. The van der Waals surface area contributed by atoms with E-state index < -0.39 is 23.5 Å². The topological polar surface area (TPSA) is 76.1 Å². The highest BCUT2D eigenvalue weighted by Gasteiger charge is 2.61. The quantitative estimate of drug-likeness (QED) is 0.478. The van der Waals surface area contributed by atoms with Gasteiger partial charge in [0.15, 0.2) is 0 Å². The zero-order valence-corrected chi connectivity index (χ0v) is 10.9. The molecule has 1 unspecified atom stereocenters. The molecule has 0 amide bonds. The molecule has 19 heavy (non-hydrogen) atoms. The summed E-state index contributed by atoms with van der Waals surface area (Å²) in [7, 11) is 3.19. The average molecular weight is 265 g/mol. The Kier molecular flexibility index (Phi) is 3.07. The molecule has 102 valence electrons. The second-order valence-electron chi connectivity index (χ2n) is 4.66. The highest BCUT2D eigenvalue weighted by molar-refractivity contribution is 6.31. The van der Waals surface area contributed by atoms with Crippen LogP contribution in [0.5, 0.6) is 0 Å². The third kappa shape index (κ3) is 1.89. The number of benzene rings is 1. The van der Waals surface area contributed by atoms with Crippen molar-refractivity contribution in [3.63, 3.8) is 0 Å². The number of esters is 2. The monoisotopic (exact) mass is 265 g/mol.